The Morgan fingerprint density at radius 1 is 1.24 bits per heavy atom. The minimum atomic E-state index is -0.867. The molecule has 0 amide bonds. The van der Waals surface area contributed by atoms with Gasteiger partial charge in [-0.1, -0.05) is 12.1 Å². The Balaban J connectivity index is 1.45. The molecule has 1 N–H and O–H groups in total. The Kier molecular flexibility index (Phi) is 4.34. The van der Waals surface area contributed by atoms with Crippen LogP contribution in [-0.2, 0) is 19.4 Å². The second-order valence-electron chi connectivity index (χ2n) is 7.31. The molecule has 1 aromatic carbocycles. The lowest BCUT2D eigenvalue weighted by atomic mass is 10.0. The summed E-state index contributed by atoms with van der Waals surface area (Å²) in [4.78, 5) is 18.2. The molecule has 0 radical (unpaired) electrons. The standard InChI is InChI=1S/C20H25N3O2/c1-14-21-18-4-2-3-5-19(18)23(14)17-10-11-22(13-17)12-15-6-8-16(9-7-15)20(24)25/h6-9,17H,2-5,10-13H2,1H3,(H,24,25). The summed E-state index contributed by atoms with van der Waals surface area (Å²) in [5.74, 6) is 0.303. The number of benzene rings is 1. The smallest absolute Gasteiger partial charge is 0.335 e. The summed E-state index contributed by atoms with van der Waals surface area (Å²) in [6.07, 6.45) is 6.02. The molecule has 1 fully saturated rings. The topological polar surface area (TPSA) is 58.4 Å². The molecule has 1 aromatic heterocycles. The summed E-state index contributed by atoms with van der Waals surface area (Å²) in [6, 6.07) is 7.78. The number of rotatable bonds is 4. The zero-order valence-electron chi connectivity index (χ0n) is 14.7. The average molecular weight is 339 g/mol. The van der Waals surface area contributed by atoms with Gasteiger partial charge in [0.15, 0.2) is 0 Å². The average Bonchev–Trinajstić information content (AvgIpc) is 3.18. The van der Waals surface area contributed by atoms with E-state index in [1.165, 1.54) is 42.0 Å². The first-order chi connectivity index (χ1) is 12.1. The van der Waals surface area contributed by atoms with Gasteiger partial charge in [0.25, 0.3) is 0 Å². The van der Waals surface area contributed by atoms with Gasteiger partial charge in [-0.3, -0.25) is 4.90 Å². The summed E-state index contributed by atoms with van der Waals surface area (Å²) < 4.78 is 2.50. The van der Waals surface area contributed by atoms with Crippen LogP contribution in [0.15, 0.2) is 24.3 Å². The molecule has 1 aliphatic heterocycles. The lowest BCUT2D eigenvalue weighted by Gasteiger charge is -2.21. The molecule has 1 aliphatic carbocycles. The first-order valence-corrected chi connectivity index (χ1v) is 9.23. The molecule has 25 heavy (non-hydrogen) atoms. The number of hydrogen-bond acceptors (Lipinski definition) is 3. The van der Waals surface area contributed by atoms with Crippen LogP contribution in [-0.4, -0.2) is 38.6 Å². The van der Waals surface area contributed by atoms with E-state index in [4.69, 9.17) is 10.1 Å². The molecule has 0 spiro atoms. The fourth-order valence-corrected chi connectivity index (χ4v) is 4.36. The highest BCUT2D eigenvalue weighted by atomic mass is 16.4. The van der Waals surface area contributed by atoms with Gasteiger partial charge in [-0.25, -0.2) is 9.78 Å². The predicted molar refractivity (Wildman–Crippen MR) is 95.9 cm³/mol. The molecule has 0 bridgehead atoms. The van der Waals surface area contributed by atoms with Crippen LogP contribution in [0.25, 0.3) is 0 Å². The highest BCUT2D eigenvalue weighted by molar-refractivity contribution is 5.87. The van der Waals surface area contributed by atoms with E-state index in [1.54, 1.807) is 12.1 Å². The molecule has 1 saturated heterocycles. The van der Waals surface area contributed by atoms with Crippen molar-refractivity contribution < 1.29 is 9.90 Å². The molecule has 132 valence electrons. The second-order valence-corrected chi connectivity index (χ2v) is 7.31. The molecule has 1 atom stereocenters. The molecule has 4 rings (SSSR count). The number of aryl methyl sites for hydroxylation is 2. The lowest BCUT2D eigenvalue weighted by molar-refractivity contribution is 0.0697. The van der Waals surface area contributed by atoms with Gasteiger partial charge in [-0.05, 0) is 56.7 Å². The van der Waals surface area contributed by atoms with E-state index in [-0.39, 0.29) is 0 Å². The molecular weight excluding hydrogens is 314 g/mol. The molecule has 2 heterocycles. The Morgan fingerprint density at radius 2 is 2.00 bits per heavy atom. The van der Waals surface area contributed by atoms with Crippen LogP contribution in [0.4, 0.5) is 0 Å². The van der Waals surface area contributed by atoms with Crippen molar-refractivity contribution in [1.82, 2.24) is 14.5 Å². The normalized spacial score (nSPS) is 20.6. The first kappa shape index (κ1) is 16.3. The van der Waals surface area contributed by atoms with E-state index in [9.17, 15) is 4.79 Å². The van der Waals surface area contributed by atoms with Crippen molar-refractivity contribution in [1.29, 1.82) is 0 Å². The summed E-state index contributed by atoms with van der Waals surface area (Å²) in [6.45, 7) is 5.15. The van der Waals surface area contributed by atoms with Gasteiger partial charge in [-0.15, -0.1) is 0 Å². The number of aromatic nitrogens is 2. The molecule has 2 aliphatic rings. The Bertz CT molecular complexity index is 779. The largest absolute Gasteiger partial charge is 0.478 e. The number of imidazole rings is 1. The summed E-state index contributed by atoms with van der Waals surface area (Å²) in [7, 11) is 0. The highest BCUT2D eigenvalue weighted by Crippen LogP contribution is 2.30. The van der Waals surface area contributed by atoms with E-state index in [0.29, 0.717) is 11.6 Å². The SMILES string of the molecule is Cc1nc2c(n1C1CCN(Cc3ccc(C(=O)O)cc3)C1)CCCC2. The highest BCUT2D eigenvalue weighted by Gasteiger charge is 2.29. The Hall–Kier alpha value is -2.14. The van der Waals surface area contributed by atoms with Crippen molar-refractivity contribution in [2.45, 2.75) is 51.6 Å². The van der Waals surface area contributed by atoms with Crippen molar-refractivity contribution >= 4 is 5.97 Å². The van der Waals surface area contributed by atoms with Gasteiger partial charge in [0.1, 0.15) is 5.82 Å². The summed E-state index contributed by atoms with van der Waals surface area (Å²) >= 11 is 0. The predicted octanol–water partition coefficient (Wildman–Crippen LogP) is 3.22. The number of fused-ring (bicyclic) bond motifs is 1. The van der Waals surface area contributed by atoms with Gasteiger partial charge in [0, 0.05) is 31.4 Å². The third-order valence-electron chi connectivity index (χ3n) is 5.57. The molecule has 0 saturated carbocycles. The fraction of sp³-hybridized carbons (Fsp3) is 0.500. The van der Waals surface area contributed by atoms with Crippen molar-refractivity contribution in [3.8, 4) is 0 Å². The van der Waals surface area contributed by atoms with E-state index in [1.807, 2.05) is 12.1 Å². The zero-order valence-corrected chi connectivity index (χ0v) is 14.7. The van der Waals surface area contributed by atoms with Crippen molar-refractivity contribution in [3.05, 3.63) is 52.6 Å². The van der Waals surface area contributed by atoms with Gasteiger partial charge in [-0.2, -0.15) is 0 Å². The lowest BCUT2D eigenvalue weighted by Crippen LogP contribution is -2.22. The number of nitrogens with zero attached hydrogens (tertiary/aromatic N) is 3. The molecular formula is C20H25N3O2. The maximum atomic E-state index is 11.0. The summed E-state index contributed by atoms with van der Waals surface area (Å²) in [5, 5.41) is 9.00. The maximum absolute atomic E-state index is 11.0. The quantitative estimate of drug-likeness (QED) is 0.929. The van der Waals surface area contributed by atoms with Crippen LogP contribution in [0.3, 0.4) is 0 Å². The third kappa shape index (κ3) is 3.21. The van der Waals surface area contributed by atoms with Crippen molar-refractivity contribution in [2.75, 3.05) is 13.1 Å². The van der Waals surface area contributed by atoms with Crippen molar-refractivity contribution in [2.24, 2.45) is 0 Å². The fourth-order valence-electron chi connectivity index (χ4n) is 4.36. The molecule has 5 heteroatoms. The van der Waals surface area contributed by atoms with Gasteiger partial charge < -0.3 is 9.67 Å². The van der Waals surface area contributed by atoms with E-state index in [0.717, 1.165) is 32.5 Å². The first-order valence-electron chi connectivity index (χ1n) is 9.23. The zero-order chi connectivity index (χ0) is 17.4. The number of carboxylic acid groups (broad SMARTS) is 1. The second kappa shape index (κ2) is 6.64. The van der Waals surface area contributed by atoms with Crippen LogP contribution < -0.4 is 0 Å². The molecule has 1 unspecified atom stereocenters. The van der Waals surface area contributed by atoms with Crippen LogP contribution in [0.5, 0.6) is 0 Å². The minimum Gasteiger partial charge on any atom is -0.478 e. The van der Waals surface area contributed by atoms with E-state index in [2.05, 4.69) is 16.4 Å². The Morgan fingerprint density at radius 3 is 2.76 bits per heavy atom. The number of hydrogen-bond donors (Lipinski definition) is 1. The Labute approximate surface area is 148 Å². The minimum absolute atomic E-state index is 0.351. The van der Waals surface area contributed by atoms with Gasteiger partial charge in [0.2, 0.25) is 0 Å². The third-order valence-corrected chi connectivity index (χ3v) is 5.57. The monoisotopic (exact) mass is 339 g/mol. The maximum Gasteiger partial charge on any atom is 0.335 e. The van der Waals surface area contributed by atoms with Crippen LogP contribution >= 0.6 is 0 Å². The number of aromatic carboxylic acids is 1. The number of carboxylic acids is 1. The van der Waals surface area contributed by atoms with E-state index >= 15 is 0 Å². The van der Waals surface area contributed by atoms with Gasteiger partial charge in [0.05, 0.1) is 11.3 Å². The van der Waals surface area contributed by atoms with E-state index < -0.39 is 5.97 Å². The number of carbonyl (C=O) groups is 1. The van der Waals surface area contributed by atoms with Crippen LogP contribution in [0.1, 0.15) is 58.4 Å². The number of likely N-dealkylation sites (tertiary alicyclic amines) is 1. The van der Waals surface area contributed by atoms with Crippen molar-refractivity contribution in [3.63, 3.8) is 0 Å². The molecule has 2 aromatic rings. The molecule has 5 nitrogen and oxygen atoms in total. The van der Waals surface area contributed by atoms with Crippen LogP contribution in [0.2, 0.25) is 0 Å². The van der Waals surface area contributed by atoms with Crippen LogP contribution in [0, 0.1) is 6.92 Å². The summed E-state index contributed by atoms with van der Waals surface area (Å²) in [5.41, 5.74) is 4.33. The van der Waals surface area contributed by atoms with Gasteiger partial charge >= 0.3 is 5.97 Å².